The van der Waals surface area contributed by atoms with Gasteiger partial charge in [0, 0.05) is 26.1 Å². The largest absolute Gasteiger partial charge is 0.357 e. The molecule has 0 heterocycles. The van der Waals surface area contributed by atoms with Crippen molar-refractivity contribution in [3.8, 4) is 0 Å². The van der Waals surface area contributed by atoms with Crippen LogP contribution in [0.15, 0.2) is 72.8 Å². The van der Waals surface area contributed by atoms with E-state index in [4.69, 9.17) is 0 Å². The first-order valence-electron chi connectivity index (χ1n) is 11.5. The van der Waals surface area contributed by atoms with Crippen LogP contribution >= 0.6 is 0 Å². The zero-order valence-electron chi connectivity index (χ0n) is 20.8. The van der Waals surface area contributed by atoms with E-state index in [9.17, 15) is 26.8 Å². The number of halogens is 2. The maximum atomic E-state index is 13.9. The Hall–Kier alpha value is -3.79. The number of sulfonamides is 1. The number of rotatable bonds is 10. The molecule has 37 heavy (non-hydrogen) atoms. The summed E-state index contributed by atoms with van der Waals surface area (Å²) in [6, 6.07) is 18.1. The highest BCUT2D eigenvalue weighted by molar-refractivity contribution is 7.92. The zero-order valence-corrected chi connectivity index (χ0v) is 21.6. The van der Waals surface area contributed by atoms with Gasteiger partial charge in [-0.15, -0.1) is 0 Å². The second kappa shape index (κ2) is 12.0. The Bertz CT molecular complexity index is 1350. The Morgan fingerprint density at radius 3 is 2.14 bits per heavy atom. The lowest BCUT2D eigenvalue weighted by atomic mass is 10.0. The summed E-state index contributed by atoms with van der Waals surface area (Å²) >= 11 is 0. The van der Waals surface area contributed by atoms with Gasteiger partial charge < -0.3 is 10.2 Å². The summed E-state index contributed by atoms with van der Waals surface area (Å²) in [6.07, 6.45) is 1.05. The Labute approximate surface area is 215 Å². The van der Waals surface area contributed by atoms with Crippen LogP contribution in [0.4, 0.5) is 14.5 Å². The molecule has 0 spiro atoms. The van der Waals surface area contributed by atoms with E-state index >= 15 is 0 Å². The van der Waals surface area contributed by atoms with Gasteiger partial charge in [-0.2, -0.15) is 0 Å². The normalized spacial score (nSPS) is 12.0. The van der Waals surface area contributed by atoms with E-state index in [1.165, 1.54) is 11.9 Å². The molecule has 3 aromatic carbocycles. The molecule has 3 rings (SSSR count). The highest BCUT2D eigenvalue weighted by Gasteiger charge is 2.32. The summed E-state index contributed by atoms with van der Waals surface area (Å²) in [6.45, 7) is 1.23. The molecular formula is C27H29F2N3O4S. The minimum absolute atomic E-state index is 0.0272. The number of nitrogens with one attached hydrogen (secondary N) is 1. The minimum Gasteiger partial charge on any atom is -0.357 e. The maximum Gasteiger partial charge on any atom is 0.244 e. The van der Waals surface area contributed by atoms with E-state index in [2.05, 4.69) is 5.32 Å². The molecule has 0 radical (unpaired) electrons. The molecule has 0 aliphatic heterocycles. The van der Waals surface area contributed by atoms with Crippen molar-refractivity contribution in [2.24, 2.45) is 0 Å². The Kier molecular flexibility index (Phi) is 8.99. The SMILES string of the molecule is CNC(=O)C(Cc1ccccc1)N(Cc1ccc(C)cc1)C(=O)CN(c1ccc(F)c(F)c1)S(C)(=O)=O. The fourth-order valence-electron chi connectivity index (χ4n) is 3.86. The number of carbonyl (C=O) groups is 2. The van der Waals surface area contributed by atoms with Crippen LogP contribution in [0.3, 0.4) is 0 Å². The number of likely N-dealkylation sites (N-methyl/N-ethyl adjacent to an activating group) is 1. The van der Waals surface area contributed by atoms with Crippen molar-refractivity contribution >= 4 is 27.5 Å². The number of aryl methyl sites for hydroxylation is 1. The highest BCUT2D eigenvalue weighted by atomic mass is 32.2. The van der Waals surface area contributed by atoms with Crippen LogP contribution < -0.4 is 9.62 Å². The number of benzene rings is 3. The first kappa shape index (κ1) is 27.8. The van der Waals surface area contributed by atoms with Crippen LogP contribution in [-0.2, 0) is 32.6 Å². The van der Waals surface area contributed by atoms with Crippen LogP contribution in [0.1, 0.15) is 16.7 Å². The van der Waals surface area contributed by atoms with Crippen molar-refractivity contribution in [2.75, 3.05) is 24.2 Å². The van der Waals surface area contributed by atoms with Gasteiger partial charge in [0.2, 0.25) is 21.8 Å². The topological polar surface area (TPSA) is 86.8 Å². The van der Waals surface area contributed by atoms with Gasteiger partial charge in [-0.1, -0.05) is 60.2 Å². The van der Waals surface area contributed by atoms with E-state index in [1.54, 1.807) is 0 Å². The first-order valence-corrected chi connectivity index (χ1v) is 13.4. The first-order chi connectivity index (χ1) is 17.5. The molecule has 1 unspecified atom stereocenters. The second-order valence-corrected chi connectivity index (χ2v) is 10.6. The third-order valence-corrected chi connectivity index (χ3v) is 7.00. The average molecular weight is 530 g/mol. The lowest BCUT2D eigenvalue weighted by Gasteiger charge is -2.33. The van der Waals surface area contributed by atoms with Crippen molar-refractivity contribution in [3.63, 3.8) is 0 Å². The molecule has 10 heteroatoms. The van der Waals surface area contributed by atoms with Crippen molar-refractivity contribution in [3.05, 3.63) is 101 Å². The van der Waals surface area contributed by atoms with Crippen molar-refractivity contribution in [1.82, 2.24) is 10.2 Å². The zero-order chi connectivity index (χ0) is 27.2. The standard InChI is InChI=1S/C27H29F2N3O4S/c1-19-9-11-21(12-10-19)17-31(25(27(34)30-2)15-20-7-5-4-6-8-20)26(33)18-32(37(3,35)36)22-13-14-23(28)24(29)16-22/h4-14,16,25H,15,17-18H2,1-3H3,(H,30,34). The molecule has 0 aliphatic carbocycles. The van der Waals surface area contributed by atoms with E-state index in [0.29, 0.717) is 10.4 Å². The Morgan fingerprint density at radius 1 is 0.919 bits per heavy atom. The van der Waals surface area contributed by atoms with E-state index < -0.39 is 46.1 Å². The number of nitrogens with zero attached hydrogens (tertiary/aromatic N) is 2. The predicted molar refractivity (Wildman–Crippen MR) is 138 cm³/mol. The summed E-state index contributed by atoms with van der Waals surface area (Å²) in [5.74, 6) is -3.50. The van der Waals surface area contributed by atoms with Gasteiger partial charge in [-0.3, -0.25) is 13.9 Å². The average Bonchev–Trinajstić information content (AvgIpc) is 2.87. The molecule has 0 bridgehead atoms. The minimum atomic E-state index is -4.07. The molecule has 7 nitrogen and oxygen atoms in total. The van der Waals surface area contributed by atoms with Crippen LogP contribution in [0.25, 0.3) is 0 Å². The van der Waals surface area contributed by atoms with Crippen LogP contribution in [0, 0.1) is 18.6 Å². The number of hydrogen-bond acceptors (Lipinski definition) is 4. The van der Waals surface area contributed by atoms with Crippen molar-refractivity contribution < 1.29 is 26.8 Å². The summed E-state index contributed by atoms with van der Waals surface area (Å²) in [7, 11) is -2.61. The summed E-state index contributed by atoms with van der Waals surface area (Å²) in [5.41, 5.74) is 2.35. The molecule has 0 saturated heterocycles. The fraction of sp³-hybridized carbons (Fsp3) is 0.259. The molecule has 2 amide bonds. The molecule has 196 valence electrons. The second-order valence-electron chi connectivity index (χ2n) is 8.70. The number of carbonyl (C=O) groups excluding carboxylic acids is 2. The summed E-state index contributed by atoms with van der Waals surface area (Å²) in [4.78, 5) is 28.0. The van der Waals surface area contributed by atoms with Gasteiger partial charge >= 0.3 is 0 Å². The quantitative estimate of drug-likeness (QED) is 0.436. The smallest absolute Gasteiger partial charge is 0.244 e. The number of anilines is 1. The third kappa shape index (κ3) is 7.36. The van der Waals surface area contributed by atoms with Crippen molar-refractivity contribution in [1.29, 1.82) is 0 Å². The molecule has 1 N–H and O–H groups in total. The van der Waals surface area contributed by atoms with E-state index in [1.807, 2.05) is 61.5 Å². The van der Waals surface area contributed by atoms with Crippen LogP contribution in [0.5, 0.6) is 0 Å². The fourth-order valence-corrected chi connectivity index (χ4v) is 4.71. The molecule has 0 saturated carbocycles. The monoisotopic (exact) mass is 529 g/mol. The van der Waals surface area contributed by atoms with Gasteiger partial charge in [0.1, 0.15) is 12.6 Å². The third-order valence-electron chi connectivity index (χ3n) is 5.86. The molecule has 1 atom stereocenters. The molecule has 0 aliphatic rings. The van der Waals surface area contributed by atoms with Gasteiger partial charge in [-0.05, 0) is 30.2 Å². The highest BCUT2D eigenvalue weighted by Crippen LogP contribution is 2.22. The van der Waals surface area contributed by atoms with Gasteiger partial charge in [0.15, 0.2) is 11.6 Å². The lowest BCUT2D eigenvalue weighted by Crippen LogP contribution is -2.52. The summed E-state index contributed by atoms with van der Waals surface area (Å²) < 4.78 is 53.3. The number of amides is 2. The lowest BCUT2D eigenvalue weighted by molar-refractivity contribution is -0.139. The van der Waals surface area contributed by atoms with Gasteiger partial charge in [0.25, 0.3) is 0 Å². The Morgan fingerprint density at radius 2 is 1.57 bits per heavy atom. The predicted octanol–water partition coefficient (Wildman–Crippen LogP) is 3.43. The number of hydrogen-bond donors (Lipinski definition) is 1. The van der Waals surface area contributed by atoms with Crippen LogP contribution in [-0.4, -0.2) is 51.0 Å². The van der Waals surface area contributed by atoms with E-state index in [0.717, 1.165) is 35.1 Å². The molecule has 0 fully saturated rings. The maximum absolute atomic E-state index is 13.9. The van der Waals surface area contributed by atoms with Gasteiger partial charge in [-0.25, -0.2) is 17.2 Å². The van der Waals surface area contributed by atoms with Gasteiger partial charge in [0.05, 0.1) is 11.9 Å². The molecular weight excluding hydrogens is 500 g/mol. The molecule has 0 aromatic heterocycles. The molecule has 3 aromatic rings. The van der Waals surface area contributed by atoms with Crippen molar-refractivity contribution in [2.45, 2.75) is 25.9 Å². The summed E-state index contributed by atoms with van der Waals surface area (Å²) in [5, 5.41) is 2.59. The van der Waals surface area contributed by atoms with Crippen LogP contribution in [0.2, 0.25) is 0 Å². The van der Waals surface area contributed by atoms with E-state index in [-0.39, 0.29) is 18.7 Å². The Balaban J connectivity index is 2.03.